The van der Waals surface area contributed by atoms with Gasteiger partial charge in [0.2, 0.25) is 0 Å². The Hall–Kier alpha value is -2.84. The Morgan fingerprint density at radius 1 is 1.44 bits per heavy atom. The number of fused-ring (bicyclic) bond motifs is 1. The highest BCUT2D eigenvalue weighted by Gasteiger charge is 2.34. The van der Waals surface area contributed by atoms with E-state index in [9.17, 15) is 23.9 Å². The van der Waals surface area contributed by atoms with Crippen molar-refractivity contribution in [2.24, 2.45) is 0 Å². The number of hydrogen-bond acceptors (Lipinski definition) is 5. The van der Waals surface area contributed by atoms with Crippen LogP contribution in [0.5, 0.6) is 5.75 Å². The second kappa shape index (κ2) is 6.96. The van der Waals surface area contributed by atoms with Crippen molar-refractivity contribution in [1.82, 2.24) is 5.32 Å². The second-order valence-corrected chi connectivity index (χ2v) is 6.51. The number of alkyl carbamates (subject to hydrolysis) is 1. The molecule has 0 saturated carbocycles. The van der Waals surface area contributed by atoms with E-state index < -0.39 is 41.5 Å². The van der Waals surface area contributed by atoms with E-state index in [0.29, 0.717) is 0 Å². The summed E-state index contributed by atoms with van der Waals surface area (Å²) in [6, 6.07) is 2.17. The molecule has 0 aliphatic carbocycles. The first-order valence-corrected chi connectivity index (χ1v) is 7.54. The summed E-state index contributed by atoms with van der Waals surface area (Å²) in [5.74, 6) is -2.41. The molecule has 25 heavy (non-hydrogen) atoms. The molecule has 1 aromatic carbocycles. The molecule has 0 spiro atoms. The molecule has 2 atom stereocenters. The maximum Gasteiger partial charge on any atom is 0.408 e. The summed E-state index contributed by atoms with van der Waals surface area (Å²) in [6.45, 7) is 4.89. The van der Waals surface area contributed by atoms with E-state index in [4.69, 9.17) is 9.47 Å². The van der Waals surface area contributed by atoms with Gasteiger partial charge < -0.3 is 25.2 Å². The molecule has 1 aromatic rings. The van der Waals surface area contributed by atoms with Crippen molar-refractivity contribution in [3.8, 4) is 5.75 Å². The third-order valence-corrected chi connectivity index (χ3v) is 3.20. The Balaban J connectivity index is 2.08. The average Bonchev–Trinajstić information content (AvgIpc) is 2.45. The quantitative estimate of drug-likeness (QED) is 0.761. The monoisotopic (exact) mass is 354 g/mol. The van der Waals surface area contributed by atoms with Gasteiger partial charge in [0.1, 0.15) is 23.2 Å². The van der Waals surface area contributed by atoms with Crippen LogP contribution in [0.3, 0.4) is 0 Å². The van der Waals surface area contributed by atoms with E-state index in [2.05, 4.69) is 10.6 Å². The highest BCUT2D eigenvalue weighted by atomic mass is 19.1. The number of benzene rings is 1. The Morgan fingerprint density at radius 3 is 2.72 bits per heavy atom. The summed E-state index contributed by atoms with van der Waals surface area (Å²) >= 11 is 0. The maximum atomic E-state index is 13.3. The Morgan fingerprint density at radius 2 is 2.12 bits per heavy atom. The molecular weight excluding hydrogens is 335 g/mol. The molecule has 0 fully saturated rings. The van der Waals surface area contributed by atoms with Gasteiger partial charge in [-0.3, -0.25) is 4.79 Å². The normalized spacial score (nSPS) is 17.6. The number of rotatable bonds is 4. The molecule has 1 aliphatic heterocycles. The molecule has 1 aliphatic rings. The predicted octanol–water partition coefficient (Wildman–Crippen LogP) is 1.89. The zero-order chi connectivity index (χ0) is 18.8. The van der Waals surface area contributed by atoms with Gasteiger partial charge in [-0.05, 0) is 32.9 Å². The van der Waals surface area contributed by atoms with Gasteiger partial charge >= 0.3 is 12.1 Å². The highest BCUT2D eigenvalue weighted by molar-refractivity contribution is 5.98. The average molecular weight is 354 g/mol. The van der Waals surface area contributed by atoms with Crippen LogP contribution in [0.4, 0.5) is 14.9 Å². The molecule has 0 bridgehead atoms. The lowest BCUT2D eigenvalue weighted by molar-refractivity contribution is -0.140. The molecule has 136 valence electrons. The number of amides is 2. The molecular formula is C16H19FN2O6. The van der Waals surface area contributed by atoms with Crippen molar-refractivity contribution in [3.63, 3.8) is 0 Å². The number of carboxylic acids is 1. The van der Waals surface area contributed by atoms with Gasteiger partial charge in [-0.15, -0.1) is 0 Å². The topological polar surface area (TPSA) is 114 Å². The largest absolute Gasteiger partial charge is 0.480 e. The second-order valence-electron chi connectivity index (χ2n) is 6.51. The van der Waals surface area contributed by atoms with Crippen molar-refractivity contribution in [2.75, 3.05) is 5.32 Å². The first kappa shape index (κ1) is 18.5. The minimum absolute atomic E-state index is 0.0889. The molecule has 0 unspecified atom stereocenters. The summed E-state index contributed by atoms with van der Waals surface area (Å²) in [4.78, 5) is 35.2. The van der Waals surface area contributed by atoms with Crippen LogP contribution in [0, 0.1) is 5.82 Å². The molecule has 1 heterocycles. The van der Waals surface area contributed by atoms with Crippen LogP contribution in [-0.4, -0.2) is 40.8 Å². The molecule has 0 saturated heterocycles. The van der Waals surface area contributed by atoms with Gasteiger partial charge in [0.25, 0.3) is 5.91 Å². The lowest BCUT2D eigenvalue weighted by Gasteiger charge is -2.28. The molecule has 0 aromatic heterocycles. The smallest absolute Gasteiger partial charge is 0.408 e. The number of anilines is 1. The van der Waals surface area contributed by atoms with Gasteiger partial charge in [-0.2, -0.15) is 0 Å². The molecule has 2 rings (SSSR count). The van der Waals surface area contributed by atoms with Gasteiger partial charge in [-0.1, -0.05) is 0 Å². The predicted molar refractivity (Wildman–Crippen MR) is 84.9 cm³/mol. The Labute approximate surface area is 143 Å². The number of carboxylic acid groups (broad SMARTS) is 1. The minimum Gasteiger partial charge on any atom is -0.480 e. The van der Waals surface area contributed by atoms with E-state index in [1.807, 2.05) is 0 Å². The van der Waals surface area contributed by atoms with E-state index in [0.717, 1.165) is 12.1 Å². The van der Waals surface area contributed by atoms with Gasteiger partial charge in [0.05, 0.1) is 5.69 Å². The summed E-state index contributed by atoms with van der Waals surface area (Å²) in [5.41, 5.74) is -0.517. The van der Waals surface area contributed by atoms with Crippen LogP contribution in [0.15, 0.2) is 18.2 Å². The first-order chi connectivity index (χ1) is 11.5. The van der Waals surface area contributed by atoms with Crippen LogP contribution in [0.2, 0.25) is 0 Å². The lowest BCUT2D eigenvalue weighted by atomic mass is 10.1. The summed E-state index contributed by atoms with van der Waals surface area (Å²) < 4.78 is 23.7. The summed E-state index contributed by atoms with van der Waals surface area (Å²) in [5, 5.41) is 13.9. The van der Waals surface area contributed by atoms with Gasteiger partial charge in [-0.25, -0.2) is 14.0 Å². The number of hydrogen-bond donors (Lipinski definition) is 3. The molecule has 8 nitrogen and oxygen atoms in total. The first-order valence-electron chi connectivity index (χ1n) is 7.54. The number of aliphatic carboxylic acids is 1. The highest BCUT2D eigenvalue weighted by Crippen LogP contribution is 2.31. The van der Waals surface area contributed by atoms with E-state index in [-0.39, 0.29) is 17.9 Å². The number of nitrogens with one attached hydrogen (secondary N) is 2. The molecule has 3 N–H and O–H groups in total. The summed E-state index contributed by atoms with van der Waals surface area (Å²) in [6.07, 6.45) is -2.48. The van der Waals surface area contributed by atoms with Crippen molar-refractivity contribution in [1.29, 1.82) is 0 Å². The fraction of sp³-hybridized carbons (Fsp3) is 0.438. The SMILES string of the molecule is CC(C)(C)OC(=O)N[C@@H](C[C@@H]1Oc2cc(F)ccc2NC1=O)C(=O)O. The third-order valence-electron chi connectivity index (χ3n) is 3.20. The van der Waals surface area contributed by atoms with Gasteiger partial charge in [0, 0.05) is 12.5 Å². The fourth-order valence-electron chi connectivity index (χ4n) is 2.16. The van der Waals surface area contributed by atoms with Crippen LogP contribution in [0.1, 0.15) is 27.2 Å². The zero-order valence-electron chi connectivity index (χ0n) is 14.0. The van der Waals surface area contributed by atoms with Crippen LogP contribution in [0.25, 0.3) is 0 Å². The number of ether oxygens (including phenoxy) is 2. The maximum absolute atomic E-state index is 13.3. The van der Waals surface area contributed by atoms with Crippen molar-refractivity contribution < 1.29 is 33.4 Å². The van der Waals surface area contributed by atoms with Crippen LogP contribution >= 0.6 is 0 Å². The third kappa shape index (κ3) is 5.07. The van der Waals surface area contributed by atoms with E-state index in [1.165, 1.54) is 6.07 Å². The lowest BCUT2D eigenvalue weighted by Crippen LogP contribution is -2.48. The van der Waals surface area contributed by atoms with E-state index >= 15 is 0 Å². The van der Waals surface area contributed by atoms with Crippen molar-refractivity contribution in [2.45, 2.75) is 44.9 Å². The molecule has 0 radical (unpaired) electrons. The Bertz CT molecular complexity index is 700. The number of carbonyl (C=O) groups is 3. The van der Waals surface area contributed by atoms with Crippen molar-refractivity contribution in [3.05, 3.63) is 24.0 Å². The summed E-state index contributed by atoms with van der Waals surface area (Å²) in [7, 11) is 0. The number of halogens is 1. The van der Waals surface area contributed by atoms with Crippen molar-refractivity contribution >= 4 is 23.7 Å². The fourth-order valence-corrected chi connectivity index (χ4v) is 2.16. The molecule has 2 amide bonds. The van der Waals surface area contributed by atoms with E-state index in [1.54, 1.807) is 20.8 Å². The molecule has 9 heteroatoms. The minimum atomic E-state index is -1.42. The standard InChI is InChI=1S/C16H19FN2O6/c1-16(2,3)25-15(23)19-10(14(21)22)7-12-13(20)18-9-5-4-8(17)6-11(9)24-12/h4-6,10,12H,7H2,1-3H3,(H,18,20)(H,19,23)(H,21,22)/t10-,12-/m0/s1. The number of carbonyl (C=O) groups excluding carboxylic acids is 2. The zero-order valence-corrected chi connectivity index (χ0v) is 14.0. The van der Waals surface area contributed by atoms with Crippen LogP contribution in [-0.2, 0) is 14.3 Å². The van der Waals surface area contributed by atoms with Gasteiger partial charge in [0.15, 0.2) is 6.10 Å². The Kier molecular flexibility index (Phi) is 5.15. The van der Waals surface area contributed by atoms with Crippen LogP contribution < -0.4 is 15.4 Å².